The molecular weight excluding hydrogens is 197 g/mol. The molecule has 0 aliphatic heterocycles. The van der Waals surface area contributed by atoms with Gasteiger partial charge in [-0.05, 0) is 6.07 Å². The van der Waals surface area contributed by atoms with E-state index in [0.717, 1.165) is 12.1 Å². The Bertz CT molecular complexity index is 344. The highest BCUT2D eigenvalue weighted by Crippen LogP contribution is 2.37. The van der Waals surface area contributed by atoms with E-state index in [9.17, 15) is 23.1 Å². The highest BCUT2D eigenvalue weighted by molar-refractivity contribution is 5.58. The molecule has 0 heterocycles. The third kappa shape index (κ3) is 2.04. The summed E-state index contributed by atoms with van der Waals surface area (Å²) in [5.74, 6) is -0.868. The Balaban J connectivity index is 3.20. The van der Waals surface area contributed by atoms with Crippen LogP contribution in [0.25, 0.3) is 0 Å². The van der Waals surface area contributed by atoms with Crippen LogP contribution in [-0.2, 0) is 17.4 Å². The maximum Gasteiger partial charge on any atom is 0.419 e. The van der Waals surface area contributed by atoms with E-state index in [4.69, 9.17) is 0 Å². The fourth-order valence-electron chi connectivity index (χ4n) is 1.07. The van der Waals surface area contributed by atoms with Crippen LogP contribution in [-0.4, -0.2) is 11.4 Å². The van der Waals surface area contributed by atoms with Crippen molar-refractivity contribution in [1.82, 2.24) is 0 Å². The number of para-hydroxylation sites is 1. The zero-order chi connectivity index (χ0) is 10.8. The molecule has 1 aromatic rings. The zero-order valence-corrected chi connectivity index (χ0v) is 7.01. The van der Waals surface area contributed by atoms with Crippen molar-refractivity contribution in [3.05, 3.63) is 29.3 Å². The molecule has 1 rings (SSSR count). The summed E-state index contributed by atoms with van der Waals surface area (Å²) in [6.07, 6.45) is -4.38. The Labute approximate surface area is 78.0 Å². The number of benzene rings is 1. The Morgan fingerprint density at radius 3 is 2.50 bits per heavy atom. The van der Waals surface area contributed by atoms with Crippen LogP contribution in [0, 0.1) is 0 Å². The standard InChI is InChI=1S/C9H7F3O2/c10-9(11,12)7-3-1-2-6(4-5-13)8(7)14/h1-3,5,14H,4H2. The monoisotopic (exact) mass is 204 g/mol. The van der Waals surface area contributed by atoms with Crippen molar-refractivity contribution < 1.29 is 23.1 Å². The molecule has 2 nitrogen and oxygen atoms in total. The summed E-state index contributed by atoms with van der Waals surface area (Å²) in [5.41, 5.74) is -1.13. The lowest BCUT2D eigenvalue weighted by molar-refractivity contribution is -0.138. The van der Waals surface area contributed by atoms with Crippen LogP contribution in [0.5, 0.6) is 5.75 Å². The second-order valence-corrected chi connectivity index (χ2v) is 2.68. The van der Waals surface area contributed by atoms with E-state index in [2.05, 4.69) is 0 Å². The molecule has 0 aliphatic carbocycles. The number of phenolic OH excluding ortho intramolecular Hbond substituents is 1. The summed E-state index contributed by atoms with van der Waals surface area (Å²) in [5, 5.41) is 9.18. The molecule has 0 aliphatic rings. The van der Waals surface area contributed by atoms with Gasteiger partial charge in [0.15, 0.2) is 0 Å². The molecule has 1 aromatic carbocycles. The first-order chi connectivity index (χ1) is 6.46. The van der Waals surface area contributed by atoms with E-state index in [0.29, 0.717) is 6.29 Å². The Kier molecular flexibility index (Phi) is 2.78. The van der Waals surface area contributed by atoms with Gasteiger partial charge in [0.2, 0.25) is 0 Å². The van der Waals surface area contributed by atoms with E-state index in [1.165, 1.54) is 6.07 Å². The van der Waals surface area contributed by atoms with Crippen molar-refractivity contribution in [2.24, 2.45) is 0 Å². The minimum atomic E-state index is -4.59. The number of carbonyl (C=O) groups is 1. The number of phenols is 1. The van der Waals surface area contributed by atoms with Gasteiger partial charge in [-0.15, -0.1) is 0 Å². The predicted molar refractivity (Wildman–Crippen MR) is 42.9 cm³/mol. The summed E-state index contributed by atoms with van der Waals surface area (Å²) >= 11 is 0. The van der Waals surface area contributed by atoms with Crippen LogP contribution in [0.15, 0.2) is 18.2 Å². The van der Waals surface area contributed by atoms with Gasteiger partial charge in [-0.3, -0.25) is 0 Å². The topological polar surface area (TPSA) is 37.3 Å². The fourth-order valence-corrected chi connectivity index (χ4v) is 1.07. The van der Waals surface area contributed by atoms with Crippen LogP contribution in [0.3, 0.4) is 0 Å². The van der Waals surface area contributed by atoms with Crippen LogP contribution in [0.1, 0.15) is 11.1 Å². The fraction of sp³-hybridized carbons (Fsp3) is 0.222. The Hall–Kier alpha value is -1.52. The van der Waals surface area contributed by atoms with E-state index >= 15 is 0 Å². The molecule has 0 bridgehead atoms. The number of hydrogen-bond donors (Lipinski definition) is 1. The van der Waals surface area contributed by atoms with Crippen LogP contribution >= 0.6 is 0 Å². The maximum absolute atomic E-state index is 12.2. The molecule has 0 fully saturated rings. The number of alkyl halides is 3. The highest BCUT2D eigenvalue weighted by Gasteiger charge is 2.34. The van der Waals surface area contributed by atoms with Gasteiger partial charge in [0.1, 0.15) is 12.0 Å². The predicted octanol–water partition coefficient (Wildman–Crippen LogP) is 2.15. The lowest BCUT2D eigenvalue weighted by Gasteiger charge is -2.10. The number of halogens is 3. The third-order valence-electron chi connectivity index (χ3n) is 1.73. The van der Waals surface area contributed by atoms with Gasteiger partial charge in [-0.1, -0.05) is 12.1 Å². The summed E-state index contributed by atoms with van der Waals surface area (Å²) in [6.45, 7) is 0. The average molecular weight is 204 g/mol. The van der Waals surface area contributed by atoms with Gasteiger partial charge in [-0.2, -0.15) is 13.2 Å². The number of aromatic hydroxyl groups is 1. The van der Waals surface area contributed by atoms with Crippen molar-refractivity contribution >= 4 is 6.29 Å². The summed E-state index contributed by atoms with van der Waals surface area (Å²) in [4.78, 5) is 10.1. The zero-order valence-electron chi connectivity index (χ0n) is 7.01. The highest BCUT2D eigenvalue weighted by atomic mass is 19.4. The molecule has 0 radical (unpaired) electrons. The minimum Gasteiger partial charge on any atom is -0.507 e. The molecule has 14 heavy (non-hydrogen) atoms. The molecular formula is C9H7F3O2. The molecule has 0 saturated carbocycles. The first-order valence-corrected chi connectivity index (χ1v) is 3.78. The number of carbonyl (C=O) groups excluding carboxylic acids is 1. The lowest BCUT2D eigenvalue weighted by Crippen LogP contribution is -2.06. The molecule has 0 amide bonds. The molecule has 1 N–H and O–H groups in total. The SMILES string of the molecule is O=CCc1cccc(C(F)(F)F)c1O. The van der Waals surface area contributed by atoms with Crippen molar-refractivity contribution in [2.75, 3.05) is 0 Å². The van der Waals surface area contributed by atoms with E-state index in [1.54, 1.807) is 0 Å². The number of rotatable bonds is 2. The molecule has 0 atom stereocenters. The van der Waals surface area contributed by atoms with Crippen LogP contribution in [0.2, 0.25) is 0 Å². The van der Waals surface area contributed by atoms with Crippen molar-refractivity contribution in [3.63, 3.8) is 0 Å². The minimum absolute atomic E-state index is 0.0187. The van der Waals surface area contributed by atoms with Gasteiger partial charge in [0, 0.05) is 12.0 Å². The van der Waals surface area contributed by atoms with E-state index < -0.39 is 17.5 Å². The van der Waals surface area contributed by atoms with E-state index in [-0.39, 0.29) is 12.0 Å². The quantitative estimate of drug-likeness (QED) is 0.749. The van der Waals surface area contributed by atoms with Gasteiger partial charge in [-0.25, -0.2) is 0 Å². The van der Waals surface area contributed by atoms with Gasteiger partial charge in [0.05, 0.1) is 5.56 Å². The summed E-state index contributed by atoms with van der Waals surface area (Å²) < 4.78 is 36.7. The Morgan fingerprint density at radius 1 is 1.36 bits per heavy atom. The number of aldehydes is 1. The Morgan fingerprint density at radius 2 is 2.00 bits per heavy atom. The third-order valence-corrected chi connectivity index (χ3v) is 1.73. The van der Waals surface area contributed by atoms with Crippen LogP contribution < -0.4 is 0 Å². The molecule has 0 saturated heterocycles. The van der Waals surface area contributed by atoms with E-state index in [1.807, 2.05) is 0 Å². The van der Waals surface area contributed by atoms with Gasteiger partial charge >= 0.3 is 6.18 Å². The maximum atomic E-state index is 12.2. The average Bonchev–Trinajstić information content (AvgIpc) is 2.07. The van der Waals surface area contributed by atoms with Crippen LogP contribution in [0.4, 0.5) is 13.2 Å². The normalized spacial score (nSPS) is 11.4. The first-order valence-electron chi connectivity index (χ1n) is 3.78. The molecule has 5 heteroatoms. The molecule has 0 unspecified atom stereocenters. The smallest absolute Gasteiger partial charge is 0.419 e. The van der Waals surface area contributed by atoms with Gasteiger partial charge in [0.25, 0.3) is 0 Å². The number of hydrogen-bond acceptors (Lipinski definition) is 2. The first kappa shape index (κ1) is 10.6. The van der Waals surface area contributed by atoms with Crippen molar-refractivity contribution in [3.8, 4) is 5.75 Å². The van der Waals surface area contributed by atoms with Gasteiger partial charge < -0.3 is 9.90 Å². The molecule has 0 aromatic heterocycles. The second-order valence-electron chi connectivity index (χ2n) is 2.68. The largest absolute Gasteiger partial charge is 0.507 e. The molecule has 0 spiro atoms. The molecule has 76 valence electrons. The second kappa shape index (κ2) is 3.69. The summed E-state index contributed by atoms with van der Waals surface area (Å²) in [7, 11) is 0. The summed E-state index contributed by atoms with van der Waals surface area (Å²) in [6, 6.07) is 3.20. The van der Waals surface area contributed by atoms with Crippen molar-refractivity contribution in [2.45, 2.75) is 12.6 Å². The lowest BCUT2D eigenvalue weighted by atomic mass is 10.1. The van der Waals surface area contributed by atoms with Crippen molar-refractivity contribution in [1.29, 1.82) is 0 Å².